The van der Waals surface area contributed by atoms with Crippen LogP contribution in [0.25, 0.3) is 0 Å². The molecule has 0 aliphatic carbocycles. The van der Waals surface area contributed by atoms with Gasteiger partial charge < -0.3 is 16.0 Å². The van der Waals surface area contributed by atoms with Gasteiger partial charge in [-0.1, -0.05) is 30.3 Å². The average Bonchev–Trinajstić information content (AvgIpc) is 2.28. The lowest BCUT2D eigenvalue weighted by molar-refractivity contribution is -0.122. The van der Waals surface area contributed by atoms with Gasteiger partial charge in [0.2, 0.25) is 5.91 Å². The Bertz CT molecular complexity index is 349. The van der Waals surface area contributed by atoms with E-state index < -0.39 is 6.04 Å². The third-order valence-electron chi connectivity index (χ3n) is 2.48. The molecule has 0 aromatic heterocycles. The van der Waals surface area contributed by atoms with Crippen molar-refractivity contribution >= 4 is 5.91 Å². The highest BCUT2D eigenvalue weighted by molar-refractivity contribution is 5.81. The van der Waals surface area contributed by atoms with Gasteiger partial charge in [0.1, 0.15) is 0 Å². The number of nitrogens with zero attached hydrogens (tertiary/aromatic N) is 1. The van der Waals surface area contributed by atoms with Crippen LogP contribution in [0.15, 0.2) is 30.3 Å². The van der Waals surface area contributed by atoms with E-state index in [9.17, 15) is 4.79 Å². The predicted molar refractivity (Wildman–Crippen MR) is 69.5 cm³/mol. The van der Waals surface area contributed by atoms with Crippen LogP contribution < -0.4 is 11.1 Å². The maximum Gasteiger partial charge on any atom is 0.237 e. The summed E-state index contributed by atoms with van der Waals surface area (Å²) in [6.45, 7) is 2.44. The molecule has 0 saturated carbocycles. The SMILES string of the molecule is C[C@@H](N)C(=O)NC(CN(C)C)c1ccccc1. The summed E-state index contributed by atoms with van der Waals surface area (Å²) in [5.41, 5.74) is 6.66. The second-order valence-electron chi connectivity index (χ2n) is 4.52. The van der Waals surface area contributed by atoms with Gasteiger partial charge >= 0.3 is 0 Å². The van der Waals surface area contributed by atoms with Gasteiger partial charge in [-0.2, -0.15) is 0 Å². The van der Waals surface area contributed by atoms with Gasteiger partial charge in [-0.05, 0) is 26.6 Å². The molecule has 1 aromatic rings. The fourth-order valence-corrected chi connectivity index (χ4v) is 1.59. The van der Waals surface area contributed by atoms with Crippen LogP contribution in [0.2, 0.25) is 0 Å². The molecule has 1 unspecified atom stereocenters. The molecule has 0 bridgehead atoms. The molecular weight excluding hydrogens is 214 g/mol. The summed E-state index contributed by atoms with van der Waals surface area (Å²) < 4.78 is 0. The molecule has 0 spiro atoms. The predicted octanol–water partition coefficient (Wildman–Crippen LogP) is 0.753. The molecule has 4 heteroatoms. The zero-order valence-electron chi connectivity index (χ0n) is 10.7. The number of hydrogen-bond donors (Lipinski definition) is 2. The summed E-state index contributed by atoms with van der Waals surface area (Å²) in [6.07, 6.45) is 0. The normalized spacial score (nSPS) is 14.4. The van der Waals surface area contributed by atoms with E-state index in [0.29, 0.717) is 0 Å². The van der Waals surface area contributed by atoms with E-state index >= 15 is 0 Å². The maximum absolute atomic E-state index is 11.7. The van der Waals surface area contributed by atoms with Gasteiger partial charge in [-0.25, -0.2) is 0 Å². The summed E-state index contributed by atoms with van der Waals surface area (Å²) in [6, 6.07) is 9.41. The number of benzene rings is 1. The molecule has 1 aromatic carbocycles. The molecule has 1 amide bonds. The molecule has 0 aliphatic heterocycles. The Morgan fingerprint density at radius 2 is 1.94 bits per heavy atom. The quantitative estimate of drug-likeness (QED) is 0.792. The van der Waals surface area contributed by atoms with Gasteiger partial charge in [-0.15, -0.1) is 0 Å². The average molecular weight is 235 g/mol. The van der Waals surface area contributed by atoms with Gasteiger partial charge in [0.25, 0.3) is 0 Å². The summed E-state index contributed by atoms with van der Waals surface area (Å²) in [5.74, 6) is -0.124. The van der Waals surface area contributed by atoms with Crippen molar-refractivity contribution in [1.82, 2.24) is 10.2 Å². The third-order valence-corrected chi connectivity index (χ3v) is 2.48. The Balaban J connectivity index is 2.78. The van der Waals surface area contributed by atoms with Crippen molar-refractivity contribution in [3.05, 3.63) is 35.9 Å². The Hall–Kier alpha value is -1.39. The number of hydrogen-bond acceptors (Lipinski definition) is 3. The molecule has 0 fully saturated rings. The highest BCUT2D eigenvalue weighted by Crippen LogP contribution is 2.13. The number of nitrogens with two attached hydrogens (primary N) is 1. The van der Waals surface area contributed by atoms with Crippen LogP contribution in [0, 0.1) is 0 Å². The highest BCUT2D eigenvalue weighted by Gasteiger charge is 2.17. The van der Waals surface area contributed by atoms with Crippen LogP contribution >= 0.6 is 0 Å². The third kappa shape index (κ3) is 4.54. The zero-order valence-corrected chi connectivity index (χ0v) is 10.7. The van der Waals surface area contributed by atoms with Crippen LogP contribution in [0.5, 0.6) is 0 Å². The van der Waals surface area contributed by atoms with Crippen LogP contribution in [-0.2, 0) is 4.79 Å². The molecule has 0 saturated heterocycles. The molecule has 94 valence electrons. The first-order chi connectivity index (χ1) is 8.00. The van der Waals surface area contributed by atoms with Crippen molar-refractivity contribution < 1.29 is 4.79 Å². The minimum Gasteiger partial charge on any atom is -0.347 e. The Morgan fingerprint density at radius 3 is 2.41 bits per heavy atom. The minimum atomic E-state index is -0.483. The summed E-state index contributed by atoms with van der Waals surface area (Å²) in [7, 11) is 3.96. The van der Waals surface area contributed by atoms with E-state index in [1.54, 1.807) is 6.92 Å². The van der Waals surface area contributed by atoms with Crippen LogP contribution in [-0.4, -0.2) is 37.5 Å². The standard InChI is InChI=1S/C13H21N3O/c1-10(14)13(17)15-12(9-16(2)3)11-7-5-4-6-8-11/h4-8,10,12H,9,14H2,1-3H3,(H,15,17)/t10-,12?/m1/s1. The van der Waals surface area contributed by atoms with Crippen molar-refractivity contribution in [3.63, 3.8) is 0 Å². The minimum absolute atomic E-state index is 0.0234. The molecule has 2 atom stereocenters. The fraction of sp³-hybridized carbons (Fsp3) is 0.462. The largest absolute Gasteiger partial charge is 0.347 e. The fourth-order valence-electron chi connectivity index (χ4n) is 1.59. The molecular formula is C13H21N3O. The van der Waals surface area contributed by atoms with Crippen LogP contribution in [0.1, 0.15) is 18.5 Å². The van der Waals surface area contributed by atoms with Gasteiger partial charge in [0, 0.05) is 6.54 Å². The molecule has 0 aliphatic rings. The van der Waals surface area contributed by atoms with E-state index in [1.807, 2.05) is 49.3 Å². The zero-order chi connectivity index (χ0) is 12.8. The van der Waals surface area contributed by atoms with Gasteiger partial charge in [0.05, 0.1) is 12.1 Å². The lowest BCUT2D eigenvalue weighted by Gasteiger charge is -2.23. The van der Waals surface area contributed by atoms with Gasteiger partial charge in [-0.3, -0.25) is 4.79 Å². The number of carbonyl (C=O) groups is 1. The first kappa shape index (κ1) is 13.7. The lowest BCUT2D eigenvalue weighted by atomic mass is 10.1. The van der Waals surface area contributed by atoms with Crippen LogP contribution in [0.4, 0.5) is 0 Å². The summed E-state index contributed by atoms with van der Waals surface area (Å²) in [4.78, 5) is 13.7. The van der Waals surface area contributed by atoms with Crippen molar-refractivity contribution in [2.24, 2.45) is 5.73 Å². The van der Waals surface area contributed by atoms with E-state index in [2.05, 4.69) is 5.32 Å². The smallest absolute Gasteiger partial charge is 0.237 e. The Morgan fingerprint density at radius 1 is 1.35 bits per heavy atom. The second-order valence-corrected chi connectivity index (χ2v) is 4.52. The second kappa shape index (κ2) is 6.37. The number of likely N-dealkylation sites (N-methyl/N-ethyl adjacent to an activating group) is 1. The first-order valence-corrected chi connectivity index (χ1v) is 5.76. The maximum atomic E-state index is 11.7. The van der Waals surface area contributed by atoms with Gasteiger partial charge in [0.15, 0.2) is 0 Å². The Kier molecular flexibility index (Phi) is 5.12. The molecule has 1 rings (SSSR count). The van der Waals surface area contributed by atoms with Crippen molar-refractivity contribution in [1.29, 1.82) is 0 Å². The monoisotopic (exact) mass is 235 g/mol. The molecule has 4 nitrogen and oxygen atoms in total. The number of amides is 1. The van der Waals surface area contributed by atoms with Crippen molar-refractivity contribution in [2.75, 3.05) is 20.6 Å². The molecule has 0 radical (unpaired) electrons. The van der Waals surface area contributed by atoms with E-state index in [0.717, 1.165) is 12.1 Å². The van der Waals surface area contributed by atoms with Crippen molar-refractivity contribution in [3.8, 4) is 0 Å². The highest BCUT2D eigenvalue weighted by atomic mass is 16.2. The van der Waals surface area contributed by atoms with E-state index in [1.165, 1.54) is 0 Å². The number of nitrogens with one attached hydrogen (secondary N) is 1. The molecule has 0 heterocycles. The number of rotatable bonds is 5. The van der Waals surface area contributed by atoms with Crippen molar-refractivity contribution in [2.45, 2.75) is 19.0 Å². The molecule has 17 heavy (non-hydrogen) atoms. The lowest BCUT2D eigenvalue weighted by Crippen LogP contribution is -2.43. The molecule has 3 N–H and O–H groups in total. The first-order valence-electron chi connectivity index (χ1n) is 5.76. The van der Waals surface area contributed by atoms with E-state index in [-0.39, 0.29) is 11.9 Å². The van der Waals surface area contributed by atoms with Crippen LogP contribution in [0.3, 0.4) is 0 Å². The van der Waals surface area contributed by atoms with E-state index in [4.69, 9.17) is 5.73 Å². The summed E-state index contributed by atoms with van der Waals surface area (Å²) >= 11 is 0. The topological polar surface area (TPSA) is 58.4 Å². The summed E-state index contributed by atoms with van der Waals surface area (Å²) in [5, 5.41) is 2.96. The Labute approximate surface area is 103 Å². The number of carbonyl (C=O) groups excluding carboxylic acids is 1.